The SMILES string of the molecule is O=C(O)/C(Cc1ccc(Cl)c([N+](=O)[O-])c1)=N\Nc1nc(-c2ccc(Cl)c(Cl)c2)cs1. The van der Waals surface area contributed by atoms with Gasteiger partial charge in [0.1, 0.15) is 10.7 Å². The fourth-order valence-corrected chi connectivity index (χ4v) is 3.54. The van der Waals surface area contributed by atoms with Crippen LogP contribution in [0.1, 0.15) is 5.56 Å². The highest BCUT2D eigenvalue weighted by molar-refractivity contribution is 7.14. The van der Waals surface area contributed by atoms with Crippen LogP contribution < -0.4 is 5.43 Å². The van der Waals surface area contributed by atoms with E-state index in [0.717, 1.165) is 5.56 Å². The smallest absolute Gasteiger partial charge is 0.352 e. The van der Waals surface area contributed by atoms with Crippen LogP contribution in [0.3, 0.4) is 0 Å². The molecule has 1 heterocycles. The van der Waals surface area contributed by atoms with E-state index < -0.39 is 10.9 Å². The van der Waals surface area contributed by atoms with Crippen LogP contribution in [-0.4, -0.2) is 26.7 Å². The molecule has 30 heavy (non-hydrogen) atoms. The highest BCUT2D eigenvalue weighted by Crippen LogP contribution is 2.30. The number of nitro benzene ring substituents is 1. The number of nitrogens with one attached hydrogen (secondary N) is 1. The minimum Gasteiger partial charge on any atom is -0.477 e. The van der Waals surface area contributed by atoms with Gasteiger partial charge in [-0.1, -0.05) is 46.9 Å². The summed E-state index contributed by atoms with van der Waals surface area (Å²) in [4.78, 5) is 26.2. The normalized spacial score (nSPS) is 11.4. The average Bonchev–Trinajstić information content (AvgIpc) is 3.17. The van der Waals surface area contributed by atoms with Gasteiger partial charge in [0.25, 0.3) is 5.69 Å². The Labute approximate surface area is 188 Å². The lowest BCUT2D eigenvalue weighted by atomic mass is 10.1. The minimum absolute atomic E-state index is 0.0340. The van der Waals surface area contributed by atoms with Gasteiger partial charge in [0.2, 0.25) is 5.13 Å². The monoisotopic (exact) mass is 484 g/mol. The van der Waals surface area contributed by atoms with Gasteiger partial charge in [0.05, 0.1) is 20.7 Å². The van der Waals surface area contributed by atoms with E-state index in [9.17, 15) is 20.0 Å². The summed E-state index contributed by atoms with van der Waals surface area (Å²) in [5, 5.41) is 27.2. The molecule has 0 aliphatic heterocycles. The molecule has 0 saturated carbocycles. The Morgan fingerprint density at radius 2 is 1.90 bits per heavy atom. The third-order valence-corrected chi connectivity index (χ3v) is 5.64. The number of rotatable bonds is 7. The molecule has 3 aromatic rings. The van der Waals surface area contributed by atoms with Gasteiger partial charge in [0.15, 0.2) is 0 Å². The second-order valence-corrected chi connectivity index (χ2v) is 7.94. The molecule has 0 atom stereocenters. The summed E-state index contributed by atoms with van der Waals surface area (Å²) >= 11 is 18.9. The number of hydrogen-bond acceptors (Lipinski definition) is 7. The van der Waals surface area contributed by atoms with Crippen molar-refractivity contribution in [2.24, 2.45) is 5.10 Å². The Bertz CT molecular complexity index is 1170. The van der Waals surface area contributed by atoms with Gasteiger partial charge in [-0.25, -0.2) is 9.78 Å². The van der Waals surface area contributed by atoms with E-state index in [1.54, 1.807) is 23.6 Å². The lowest BCUT2D eigenvalue weighted by molar-refractivity contribution is -0.384. The summed E-state index contributed by atoms with van der Waals surface area (Å²) in [5.74, 6) is -1.28. The molecule has 0 bridgehead atoms. The lowest BCUT2D eigenvalue weighted by Gasteiger charge is -2.04. The number of hydrogen-bond donors (Lipinski definition) is 2. The van der Waals surface area contributed by atoms with Gasteiger partial charge < -0.3 is 5.11 Å². The Morgan fingerprint density at radius 3 is 2.57 bits per heavy atom. The predicted molar refractivity (Wildman–Crippen MR) is 118 cm³/mol. The number of anilines is 1. The third kappa shape index (κ3) is 5.25. The molecule has 0 unspecified atom stereocenters. The maximum absolute atomic E-state index is 11.5. The summed E-state index contributed by atoms with van der Waals surface area (Å²) < 4.78 is 0. The average molecular weight is 486 g/mol. The van der Waals surface area contributed by atoms with Crippen LogP contribution in [0.25, 0.3) is 11.3 Å². The highest BCUT2D eigenvalue weighted by atomic mass is 35.5. The quantitative estimate of drug-likeness (QED) is 0.249. The first-order chi connectivity index (χ1) is 14.2. The molecule has 154 valence electrons. The van der Waals surface area contributed by atoms with Gasteiger partial charge in [0, 0.05) is 23.4 Å². The van der Waals surface area contributed by atoms with Crippen molar-refractivity contribution >= 4 is 68.6 Å². The third-order valence-electron chi connectivity index (χ3n) is 3.83. The first-order valence-corrected chi connectivity index (χ1v) is 10.2. The Morgan fingerprint density at radius 1 is 1.17 bits per heavy atom. The van der Waals surface area contributed by atoms with Crippen molar-refractivity contribution in [3.05, 3.63) is 72.5 Å². The maximum atomic E-state index is 11.5. The first kappa shape index (κ1) is 22.0. The number of aliphatic carboxylic acids is 1. The van der Waals surface area contributed by atoms with E-state index in [1.165, 1.54) is 29.5 Å². The summed E-state index contributed by atoms with van der Waals surface area (Å²) in [6, 6.07) is 9.13. The molecule has 2 N–H and O–H groups in total. The van der Waals surface area contributed by atoms with Crippen molar-refractivity contribution in [3.8, 4) is 11.3 Å². The molecular weight excluding hydrogens is 475 g/mol. The summed E-state index contributed by atoms with van der Waals surface area (Å²) in [6.07, 6.45) is -0.147. The first-order valence-electron chi connectivity index (χ1n) is 8.14. The zero-order valence-corrected chi connectivity index (χ0v) is 17.9. The minimum atomic E-state index is -1.28. The molecule has 0 saturated heterocycles. The number of thiazole rings is 1. The van der Waals surface area contributed by atoms with Crippen molar-refractivity contribution in [1.29, 1.82) is 0 Å². The van der Waals surface area contributed by atoms with Gasteiger partial charge in [-0.3, -0.25) is 15.5 Å². The molecule has 1 aromatic heterocycles. The zero-order chi connectivity index (χ0) is 21.8. The molecule has 3 rings (SSSR count). The van der Waals surface area contributed by atoms with Gasteiger partial charge in [-0.05, 0) is 23.8 Å². The molecular formula is C18H11Cl3N4O4S. The summed E-state index contributed by atoms with van der Waals surface area (Å²) in [5.41, 5.74) is 3.78. The fraction of sp³-hybridized carbons (Fsp3) is 0.0556. The number of nitrogens with zero attached hydrogens (tertiary/aromatic N) is 3. The molecule has 12 heteroatoms. The molecule has 0 aliphatic carbocycles. The second kappa shape index (κ2) is 9.40. The predicted octanol–water partition coefficient (Wildman–Crippen LogP) is 5.77. The molecule has 2 aromatic carbocycles. The second-order valence-electron chi connectivity index (χ2n) is 5.86. The van der Waals surface area contributed by atoms with Gasteiger partial charge in [-0.15, -0.1) is 11.3 Å². The van der Waals surface area contributed by atoms with Crippen LogP contribution >= 0.6 is 46.1 Å². The number of nitro groups is 1. The molecule has 0 aliphatic rings. The van der Waals surface area contributed by atoms with E-state index in [2.05, 4.69) is 15.5 Å². The molecule has 0 amide bonds. The number of aromatic nitrogens is 1. The number of carbonyl (C=O) groups is 1. The largest absolute Gasteiger partial charge is 0.477 e. The van der Waals surface area contributed by atoms with Gasteiger partial charge in [-0.2, -0.15) is 5.10 Å². The number of carboxylic acid groups (broad SMARTS) is 1. The van der Waals surface area contributed by atoms with E-state index in [1.807, 2.05) is 0 Å². The van der Waals surface area contributed by atoms with Crippen molar-refractivity contribution in [2.75, 3.05) is 5.43 Å². The number of carboxylic acids is 1. The summed E-state index contributed by atoms with van der Waals surface area (Å²) in [7, 11) is 0. The van der Waals surface area contributed by atoms with Crippen LogP contribution in [0, 0.1) is 10.1 Å². The Balaban J connectivity index is 1.78. The van der Waals surface area contributed by atoms with Crippen molar-refractivity contribution in [1.82, 2.24) is 4.98 Å². The van der Waals surface area contributed by atoms with E-state index >= 15 is 0 Å². The molecule has 8 nitrogen and oxygen atoms in total. The van der Waals surface area contributed by atoms with E-state index in [0.29, 0.717) is 26.4 Å². The summed E-state index contributed by atoms with van der Waals surface area (Å²) in [6.45, 7) is 0. The Hall–Kier alpha value is -2.72. The molecule has 0 spiro atoms. The topological polar surface area (TPSA) is 118 Å². The maximum Gasteiger partial charge on any atom is 0.352 e. The number of benzene rings is 2. The zero-order valence-electron chi connectivity index (χ0n) is 14.8. The molecule has 0 radical (unpaired) electrons. The highest BCUT2D eigenvalue weighted by Gasteiger charge is 2.17. The van der Waals surface area contributed by atoms with E-state index in [-0.39, 0.29) is 22.8 Å². The van der Waals surface area contributed by atoms with Gasteiger partial charge >= 0.3 is 5.97 Å². The van der Waals surface area contributed by atoms with Crippen molar-refractivity contribution < 1.29 is 14.8 Å². The molecule has 0 fully saturated rings. The van der Waals surface area contributed by atoms with Crippen molar-refractivity contribution in [2.45, 2.75) is 6.42 Å². The number of hydrazone groups is 1. The standard InChI is InChI=1S/C18H11Cl3N4O4S/c19-11-4-2-10(7-13(11)21)15-8-30-18(22-15)24-23-14(17(26)27)5-9-1-3-12(20)16(6-9)25(28)29/h1-4,6-8H,5H2,(H,22,24)(H,26,27)/b23-14-. The van der Waals surface area contributed by atoms with Crippen molar-refractivity contribution in [3.63, 3.8) is 0 Å². The fourth-order valence-electron chi connectivity index (χ4n) is 2.39. The van der Waals surface area contributed by atoms with Crippen LogP contribution in [0.15, 0.2) is 46.9 Å². The lowest BCUT2D eigenvalue weighted by Crippen LogP contribution is -2.17. The van der Waals surface area contributed by atoms with E-state index in [4.69, 9.17) is 34.8 Å². The Kier molecular flexibility index (Phi) is 6.88. The van der Waals surface area contributed by atoms with Crippen LogP contribution in [0.4, 0.5) is 10.8 Å². The van der Waals surface area contributed by atoms with Crippen LogP contribution in [-0.2, 0) is 11.2 Å². The van der Waals surface area contributed by atoms with Crippen LogP contribution in [0.2, 0.25) is 15.1 Å². The van der Waals surface area contributed by atoms with Crippen LogP contribution in [0.5, 0.6) is 0 Å². The number of halogens is 3.